The van der Waals surface area contributed by atoms with Crippen LogP contribution >= 0.6 is 0 Å². The number of rotatable bonds is 7. The van der Waals surface area contributed by atoms with Crippen molar-refractivity contribution in [2.75, 3.05) is 25.6 Å². The van der Waals surface area contributed by atoms with E-state index in [1.165, 1.54) is 5.56 Å². The van der Waals surface area contributed by atoms with Crippen LogP contribution in [0.1, 0.15) is 5.56 Å². The van der Waals surface area contributed by atoms with E-state index in [0.717, 1.165) is 23.6 Å². The number of hydrogen-bond donors (Lipinski definition) is 2. The molecule has 4 atom stereocenters. The molecule has 5 rings (SSSR count). The summed E-state index contributed by atoms with van der Waals surface area (Å²) in [6.45, 7) is 1.99. The lowest BCUT2D eigenvalue weighted by molar-refractivity contribution is 0.0675. The second-order valence-corrected chi connectivity index (χ2v) is 7.81. The highest BCUT2D eigenvalue weighted by molar-refractivity contribution is 5.61. The summed E-state index contributed by atoms with van der Waals surface area (Å²) in [5.41, 5.74) is 3.11. The van der Waals surface area contributed by atoms with Crippen LogP contribution in [-0.4, -0.2) is 54.6 Å². The van der Waals surface area contributed by atoms with Gasteiger partial charge in [-0.15, -0.1) is 0 Å². The van der Waals surface area contributed by atoms with Crippen LogP contribution in [0, 0.1) is 0 Å². The van der Waals surface area contributed by atoms with Crippen molar-refractivity contribution in [3.8, 4) is 17.0 Å². The zero-order valence-corrected chi connectivity index (χ0v) is 17.4. The van der Waals surface area contributed by atoms with Gasteiger partial charge < -0.3 is 24.8 Å². The number of nitrogens with zero attached hydrogens (tertiary/aromatic N) is 2. The number of hydrogen-bond acceptors (Lipinski definition) is 7. The zero-order chi connectivity index (χ0) is 21.0. The van der Waals surface area contributed by atoms with E-state index in [2.05, 4.69) is 44.9 Å². The van der Waals surface area contributed by atoms with Gasteiger partial charge in [0.15, 0.2) is 0 Å². The van der Waals surface area contributed by atoms with Crippen LogP contribution in [0.25, 0.3) is 11.3 Å². The number of benzene rings is 2. The first-order valence-corrected chi connectivity index (χ1v) is 10.5. The van der Waals surface area contributed by atoms with Crippen LogP contribution in [0.5, 0.6) is 5.75 Å². The summed E-state index contributed by atoms with van der Waals surface area (Å²) in [6, 6.07) is 20.3. The predicted molar refractivity (Wildman–Crippen MR) is 118 cm³/mol. The lowest BCUT2D eigenvalue weighted by Gasteiger charge is -2.18. The van der Waals surface area contributed by atoms with Gasteiger partial charge in [-0.2, -0.15) is 0 Å². The quantitative estimate of drug-likeness (QED) is 0.611. The first kappa shape index (κ1) is 19.9. The van der Waals surface area contributed by atoms with E-state index in [1.807, 2.05) is 36.4 Å². The van der Waals surface area contributed by atoms with Gasteiger partial charge in [0.2, 0.25) is 5.95 Å². The molecule has 0 amide bonds. The Bertz CT molecular complexity index is 999. The van der Waals surface area contributed by atoms with Gasteiger partial charge >= 0.3 is 0 Å². The van der Waals surface area contributed by atoms with Crippen LogP contribution in [0.4, 0.5) is 5.95 Å². The van der Waals surface area contributed by atoms with Gasteiger partial charge in [-0.1, -0.05) is 30.3 Å². The van der Waals surface area contributed by atoms with Gasteiger partial charge in [0.1, 0.15) is 18.0 Å². The van der Waals surface area contributed by atoms with Crippen LogP contribution < -0.4 is 15.4 Å². The molecule has 0 bridgehead atoms. The number of aromatic nitrogens is 2. The molecule has 2 aliphatic rings. The molecule has 7 nitrogen and oxygen atoms in total. The fourth-order valence-corrected chi connectivity index (χ4v) is 4.16. The van der Waals surface area contributed by atoms with Crippen LogP contribution in [-0.2, 0) is 16.0 Å². The maximum atomic E-state index is 6.08. The Hall–Kier alpha value is -3.00. The van der Waals surface area contributed by atoms with Gasteiger partial charge in [-0.3, -0.25) is 0 Å². The number of methoxy groups -OCH3 is 1. The van der Waals surface area contributed by atoms with Crippen LogP contribution in [0.15, 0.2) is 66.9 Å². The molecule has 0 radical (unpaired) electrons. The molecule has 7 heteroatoms. The molecule has 1 aromatic heterocycles. The minimum atomic E-state index is -0.0264. The lowest BCUT2D eigenvalue weighted by Crippen LogP contribution is -2.41. The molecule has 4 unspecified atom stereocenters. The molecule has 2 fully saturated rings. The van der Waals surface area contributed by atoms with Gasteiger partial charge in [0.25, 0.3) is 0 Å². The van der Waals surface area contributed by atoms with Crippen molar-refractivity contribution in [1.82, 2.24) is 15.3 Å². The smallest absolute Gasteiger partial charge is 0.223 e. The van der Waals surface area contributed by atoms with E-state index in [0.29, 0.717) is 19.2 Å². The van der Waals surface area contributed by atoms with Gasteiger partial charge in [-0.05, 0) is 35.9 Å². The van der Waals surface area contributed by atoms with Gasteiger partial charge in [0, 0.05) is 18.3 Å². The van der Waals surface area contributed by atoms with Crippen molar-refractivity contribution < 1.29 is 14.2 Å². The zero-order valence-electron chi connectivity index (χ0n) is 17.4. The predicted octanol–water partition coefficient (Wildman–Crippen LogP) is 2.89. The maximum Gasteiger partial charge on any atom is 0.223 e. The summed E-state index contributed by atoms with van der Waals surface area (Å²) in [6.07, 6.45) is 1.76. The molecule has 2 aromatic carbocycles. The monoisotopic (exact) mass is 418 g/mol. The molecule has 2 saturated heterocycles. The molecule has 0 aliphatic carbocycles. The van der Waals surface area contributed by atoms with Gasteiger partial charge in [0.05, 0.1) is 38.1 Å². The average Bonchev–Trinajstić information content (AvgIpc) is 3.42. The molecule has 31 heavy (non-hydrogen) atoms. The molecule has 3 heterocycles. The summed E-state index contributed by atoms with van der Waals surface area (Å²) in [7, 11) is 1.66. The van der Waals surface area contributed by atoms with Crippen molar-refractivity contribution in [3.63, 3.8) is 0 Å². The fourth-order valence-electron chi connectivity index (χ4n) is 4.16. The summed E-state index contributed by atoms with van der Waals surface area (Å²) in [5, 5.41) is 6.99. The number of anilines is 1. The largest absolute Gasteiger partial charge is 0.497 e. The molecular weight excluding hydrogens is 392 g/mol. The molecule has 0 saturated carbocycles. The van der Waals surface area contributed by atoms with E-state index >= 15 is 0 Å². The molecule has 160 valence electrons. The second-order valence-electron chi connectivity index (χ2n) is 7.81. The van der Waals surface area contributed by atoms with Crippen molar-refractivity contribution in [2.45, 2.75) is 30.8 Å². The third-order valence-electron chi connectivity index (χ3n) is 5.82. The summed E-state index contributed by atoms with van der Waals surface area (Å²) in [5.74, 6) is 1.39. The van der Waals surface area contributed by atoms with Gasteiger partial charge in [-0.25, -0.2) is 9.97 Å². The first-order chi connectivity index (χ1) is 15.3. The summed E-state index contributed by atoms with van der Waals surface area (Å²) in [4.78, 5) is 9.08. The number of fused-ring (bicyclic) bond motifs is 1. The van der Waals surface area contributed by atoms with Crippen LogP contribution in [0.2, 0.25) is 0 Å². The second kappa shape index (κ2) is 9.01. The Morgan fingerprint density at radius 1 is 0.935 bits per heavy atom. The first-order valence-electron chi connectivity index (χ1n) is 10.5. The molecule has 2 N–H and O–H groups in total. The number of ether oxygens (including phenoxy) is 3. The highest BCUT2D eigenvalue weighted by Gasteiger charge is 2.47. The highest BCUT2D eigenvalue weighted by Crippen LogP contribution is 2.29. The lowest BCUT2D eigenvalue weighted by atomic mass is 10.1. The Labute approximate surface area is 181 Å². The van der Waals surface area contributed by atoms with Crippen molar-refractivity contribution in [2.24, 2.45) is 0 Å². The Kier molecular flexibility index (Phi) is 5.80. The highest BCUT2D eigenvalue weighted by atomic mass is 16.6. The standard InChI is InChI=1S/C24H26N4O3/c1-29-18-9-7-17(8-10-18)19-11-12-25-24(27-19)28-21-15-31-22-20(14-30-23(21)22)26-13-16-5-3-2-4-6-16/h2-12,20-23,26H,13-15H2,1H3,(H,25,27,28). The number of nitrogens with one attached hydrogen (secondary N) is 2. The maximum absolute atomic E-state index is 6.08. The van der Waals surface area contributed by atoms with Crippen molar-refractivity contribution >= 4 is 5.95 Å². The van der Waals surface area contributed by atoms with Crippen LogP contribution in [0.3, 0.4) is 0 Å². The Balaban J connectivity index is 1.21. The topological polar surface area (TPSA) is 77.5 Å². The Morgan fingerprint density at radius 2 is 1.68 bits per heavy atom. The third-order valence-corrected chi connectivity index (χ3v) is 5.82. The Morgan fingerprint density at radius 3 is 2.45 bits per heavy atom. The van der Waals surface area contributed by atoms with E-state index in [1.54, 1.807) is 13.3 Å². The van der Waals surface area contributed by atoms with E-state index < -0.39 is 0 Å². The summed E-state index contributed by atoms with van der Waals surface area (Å²) >= 11 is 0. The molecule has 0 spiro atoms. The minimum Gasteiger partial charge on any atom is -0.497 e. The fraction of sp³-hybridized carbons (Fsp3) is 0.333. The van der Waals surface area contributed by atoms with E-state index in [-0.39, 0.29) is 24.3 Å². The van der Waals surface area contributed by atoms with E-state index in [9.17, 15) is 0 Å². The van der Waals surface area contributed by atoms with E-state index in [4.69, 9.17) is 14.2 Å². The van der Waals surface area contributed by atoms with Crippen molar-refractivity contribution in [3.05, 3.63) is 72.4 Å². The minimum absolute atomic E-state index is 0.0136. The average molecular weight is 418 g/mol. The molecule has 2 aliphatic heterocycles. The normalized spacial score (nSPS) is 24.7. The van der Waals surface area contributed by atoms with Crippen molar-refractivity contribution in [1.29, 1.82) is 0 Å². The SMILES string of the molecule is COc1ccc(-c2ccnc(NC3COC4C(NCc5ccccc5)COC34)n2)cc1. The molecular formula is C24H26N4O3. The third kappa shape index (κ3) is 4.39. The molecule has 3 aromatic rings. The summed E-state index contributed by atoms with van der Waals surface area (Å²) < 4.78 is 17.4.